The van der Waals surface area contributed by atoms with E-state index in [-0.39, 0.29) is 35.0 Å². The molecule has 3 atom stereocenters. The van der Waals surface area contributed by atoms with Gasteiger partial charge in [-0.3, -0.25) is 19.2 Å². The van der Waals surface area contributed by atoms with E-state index >= 15 is 4.39 Å². The number of anilines is 1. The van der Waals surface area contributed by atoms with Crippen molar-refractivity contribution in [1.29, 1.82) is 0 Å². The van der Waals surface area contributed by atoms with Crippen molar-refractivity contribution >= 4 is 29.3 Å². The summed E-state index contributed by atoms with van der Waals surface area (Å²) in [5.74, 6) is -2.76. The summed E-state index contributed by atoms with van der Waals surface area (Å²) < 4.78 is 20.4. The summed E-state index contributed by atoms with van der Waals surface area (Å²) in [5, 5.41) is 15.9. The monoisotopic (exact) mass is 641 g/mol. The van der Waals surface area contributed by atoms with E-state index in [9.17, 15) is 19.2 Å². The number of benzene rings is 1. The maximum absolute atomic E-state index is 15.6. The van der Waals surface area contributed by atoms with Crippen molar-refractivity contribution in [3.05, 3.63) is 41.0 Å². The smallest absolute Gasteiger partial charge is 0.276 e. The molecular weight excluding hydrogens is 593 g/mol. The van der Waals surface area contributed by atoms with Crippen molar-refractivity contribution in [1.82, 2.24) is 30.7 Å². The van der Waals surface area contributed by atoms with Gasteiger partial charge >= 0.3 is 0 Å². The van der Waals surface area contributed by atoms with Gasteiger partial charge in [0.2, 0.25) is 17.7 Å². The molecular formula is C33H48FN7O5. The molecule has 13 heteroatoms. The number of rotatable bonds is 11. The molecule has 0 unspecified atom stereocenters. The molecule has 0 radical (unpaired) electrons. The lowest BCUT2D eigenvalue weighted by atomic mass is 9.79. The Kier molecular flexibility index (Phi) is 11.9. The number of nitrogens with one attached hydrogen (secondary N) is 3. The summed E-state index contributed by atoms with van der Waals surface area (Å²) in [5.41, 5.74) is 0.872. The fourth-order valence-electron chi connectivity index (χ4n) is 6.10. The van der Waals surface area contributed by atoms with E-state index in [4.69, 9.17) is 4.63 Å². The van der Waals surface area contributed by atoms with Crippen LogP contribution in [-0.4, -0.2) is 89.1 Å². The van der Waals surface area contributed by atoms with Crippen molar-refractivity contribution < 1.29 is 28.2 Å². The van der Waals surface area contributed by atoms with E-state index in [1.165, 1.54) is 12.1 Å². The topological polar surface area (TPSA) is 150 Å². The Labute approximate surface area is 270 Å². The summed E-state index contributed by atoms with van der Waals surface area (Å²) in [6.45, 7) is 11.8. The quantitative estimate of drug-likeness (QED) is 0.338. The van der Waals surface area contributed by atoms with Crippen LogP contribution < -0.4 is 16.0 Å². The fourth-order valence-corrected chi connectivity index (χ4v) is 6.10. The summed E-state index contributed by atoms with van der Waals surface area (Å²) in [6.07, 6.45) is 3.74. The Morgan fingerprint density at radius 2 is 1.65 bits per heavy atom. The molecule has 2 aliphatic rings. The number of amides is 4. The molecule has 0 spiro atoms. The maximum atomic E-state index is 15.6. The fraction of sp³-hybridized carbons (Fsp3) is 0.636. The Morgan fingerprint density at radius 3 is 2.26 bits per heavy atom. The molecule has 3 N–H and O–H groups in total. The van der Waals surface area contributed by atoms with Gasteiger partial charge in [0, 0.05) is 38.0 Å². The van der Waals surface area contributed by atoms with Gasteiger partial charge in [-0.2, -0.15) is 0 Å². The molecule has 1 saturated carbocycles. The van der Waals surface area contributed by atoms with Gasteiger partial charge in [0.15, 0.2) is 5.69 Å². The highest BCUT2D eigenvalue weighted by molar-refractivity contribution is 6.01. The zero-order valence-corrected chi connectivity index (χ0v) is 27.8. The minimum absolute atomic E-state index is 0.0271. The number of nitrogens with zero attached hydrogens (tertiary/aromatic N) is 4. The van der Waals surface area contributed by atoms with E-state index in [2.05, 4.69) is 38.1 Å². The molecule has 1 aliphatic heterocycles. The van der Waals surface area contributed by atoms with Crippen molar-refractivity contribution in [2.45, 2.75) is 84.7 Å². The predicted octanol–water partition coefficient (Wildman–Crippen LogP) is 3.35. The summed E-state index contributed by atoms with van der Waals surface area (Å²) in [4.78, 5) is 57.0. The third-order valence-electron chi connectivity index (χ3n) is 9.39. The lowest BCUT2D eigenvalue weighted by Gasteiger charge is -2.36. The standard InChI is InChI=1S/C33H48FN7O5/c1-7-25-29(39-46-38-25)32(44)37-28(22-10-8-20(4)9-11-22)31(43)35-26-13-12-23(18-24(26)34)21(5)27(36-30(42)19(2)3)33(45)41-16-14-40(6)15-17-41/h12-13,18-22,27-28H,7-11,14-17H2,1-6H3,(H,35,43)(H,36,42)(H,37,44)/t20?,21-,22?,27+,28-/m0/s1. The first-order valence-electron chi connectivity index (χ1n) is 16.4. The van der Waals surface area contributed by atoms with E-state index in [1.807, 2.05) is 14.0 Å². The highest BCUT2D eigenvalue weighted by atomic mass is 19.1. The minimum Gasteiger partial charge on any atom is -0.344 e. The van der Waals surface area contributed by atoms with Crippen LogP contribution >= 0.6 is 0 Å². The van der Waals surface area contributed by atoms with Gasteiger partial charge in [0.1, 0.15) is 23.6 Å². The van der Waals surface area contributed by atoms with E-state index in [0.717, 1.165) is 38.8 Å². The zero-order chi connectivity index (χ0) is 33.5. The van der Waals surface area contributed by atoms with E-state index < -0.39 is 35.6 Å². The van der Waals surface area contributed by atoms with Crippen molar-refractivity contribution in [3.63, 3.8) is 0 Å². The number of halogens is 1. The first-order valence-corrected chi connectivity index (χ1v) is 16.4. The van der Waals surface area contributed by atoms with E-state index in [1.54, 1.807) is 31.7 Å². The second-order valence-corrected chi connectivity index (χ2v) is 13.2. The average Bonchev–Trinajstić information content (AvgIpc) is 3.52. The van der Waals surface area contributed by atoms with Crippen LogP contribution in [-0.2, 0) is 20.8 Å². The second-order valence-electron chi connectivity index (χ2n) is 13.2. The number of carbonyl (C=O) groups excluding carboxylic acids is 4. The SMILES string of the molecule is CCc1nonc1C(=O)N[C@H](C(=O)Nc1ccc([C@H](C)[C@@H](NC(=O)C(C)C)C(=O)N2CCN(C)CC2)cc1F)C1CCC(C)CC1. The molecule has 0 bridgehead atoms. The van der Waals surface area contributed by atoms with Crippen LogP contribution in [0.25, 0.3) is 0 Å². The highest BCUT2D eigenvalue weighted by Gasteiger charge is 2.36. The van der Waals surface area contributed by atoms with Crippen molar-refractivity contribution in [3.8, 4) is 0 Å². The molecule has 1 aliphatic carbocycles. The zero-order valence-electron chi connectivity index (χ0n) is 27.8. The van der Waals surface area contributed by atoms with E-state index in [0.29, 0.717) is 36.7 Å². The molecule has 4 amide bonds. The normalized spacial score (nSPS) is 20.9. The largest absolute Gasteiger partial charge is 0.344 e. The number of likely N-dealkylation sites (N-methyl/N-ethyl adjacent to an activating group) is 1. The number of hydrogen-bond acceptors (Lipinski definition) is 8. The van der Waals surface area contributed by atoms with Gasteiger partial charge < -0.3 is 25.8 Å². The summed E-state index contributed by atoms with van der Waals surface area (Å²) in [6, 6.07) is 2.59. The average molecular weight is 642 g/mol. The molecule has 1 saturated heterocycles. The van der Waals surface area contributed by atoms with Crippen LogP contribution in [0.3, 0.4) is 0 Å². The first kappa shape index (κ1) is 35.0. The van der Waals surface area contributed by atoms with Crippen LogP contribution in [0.2, 0.25) is 0 Å². The van der Waals surface area contributed by atoms with Crippen LogP contribution in [0.5, 0.6) is 0 Å². The Morgan fingerprint density at radius 1 is 0.978 bits per heavy atom. The third kappa shape index (κ3) is 8.48. The van der Waals surface area contributed by atoms with Gasteiger partial charge in [0.25, 0.3) is 5.91 Å². The van der Waals surface area contributed by atoms with Gasteiger partial charge in [-0.05, 0) is 61.0 Å². The molecule has 4 rings (SSSR count). The number of piperazine rings is 1. The number of carbonyl (C=O) groups is 4. The lowest BCUT2D eigenvalue weighted by molar-refractivity contribution is -0.139. The Balaban J connectivity index is 1.53. The first-order chi connectivity index (χ1) is 21.9. The molecule has 2 heterocycles. The third-order valence-corrected chi connectivity index (χ3v) is 9.39. The number of hydrogen-bond donors (Lipinski definition) is 3. The number of aryl methyl sites for hydroxylation is 1. The summed E-state index contributed by atoms with van der Waals surface area (Å²) in [7, 11) is 1.99. The number of aromatic nitrogens is 2. The van der Waals surface area contributed by atoms with Crippen LogP contribution in [0, 0.1) is 23.6 Å². The van der Waals surface area contributed by atoms with Crippen molar-refractivity contribution in [2.24, 2.45) is 17.8 Å². The van der Waals surface area contributed by atoms with Gasteiger partial charge in [-0.1, -0.05) is 58.7 Å². The maximum Gasteiger partial charge on any atom is 0.276 e. The predicted molar refractivity (Wildman–Crippen MR) is 170 cm³/mol. The molecule has 2 aromatic rings. The second kappa shape index (κ2) is 15.6. The van der Waals surface area contributed by atoms with Gasteiger partial charge in [-0.25, -0.2) is 9.02 Å². The van der Waals surface area contributed by atoms with Crippen LogP contribution in [0.15, 0.2) is 22.8 Å². The van der Waals surface area contributed by atoms with Crippen molar-refractivity contribution in [2.75, 3.05) is 38.5 Å². The van der Waals surface area contributed by atoms with Crippen LogP contribution in [0.4, 0.5) is 10.1 Å². The molecule has 1 aromatic carbocycles. The molecule has 46 heavy (non-hydrogen) atoms. The molecule has 12 nitrogen and oxygen atoms in total. The molecule has 252 valence electrons. The molecule has 1 aromatic heterocycles. The van der Waals surface area contributed by atoms with Gasteiger partial charge in [-0.15, -0.1) is 0 Å². The lowest BCUT2D eigenvalue weighted by Crippen LogP contribution is -2.56. The highest BCUT2D eigenvalue weighted by Crippen LogP contribution is 2.32. The molecule has 2 fully saturated rings. The summed E-state index contributed by atoms with van der Waals surface area (Å²) >= 11 is 0. The van der Waals surface area contributed by atoms with Gasteiger partial charge in [0.05, 0.1) is 5.69 Å². The Bertz CT molecular complexity index is 1380. The minimum atomic E-state index is -0.920. The van der Waals surface area contributed by atoms with Crippen LogP contribution in [0.1, 0.15) is 88.0 Å². The Hall–Kier alpha value is -3.87.